The fourth-order valence-corrected chi connectivity index (χ4v) is 1.75. The summed E-state index contributed by atoms with van der Waals surface area (Å²) in [6.45, 7) is 2.11. The van der Waals surface area contributed by atoms with Crippen LogP contribution >= 0.6 is 0 Å². The van der Waals surface area contributed by atoms with Crippen LogP contribution in [0.1, 0.15) is 23.2 Å². The molecule has 1 saturated heterocycles. The van der Waals surface area contributed by atoms with Gasteiger partial charge in [-0.05, 0) is 25.0 Å². The number of aromatic nitrogens is 1. The van der Waals surface area contributed by atoms with Crippen molar-refractivity contribution in [3.8, 4) is 0 Å². The SMILES string of the molecule is O=Cc1ccc[nH+]c1N1CCCC1. The summed E-state index contributed by atoms with van der Waals surface area (Å²) in [7, 11) is 0. The first-order valence-corrected chi connectivity index (χ1v) is 4.62. The van der Waals surface area contributed by atoms with Crippen molar-refractivity contribution in [3.63, 3.8) is 0 Å². The van der Waals surface area contributed by atoms with E-state index in [1.165, 1.54) is 12.8 Å². The zero-order valence-corrected chi connectivity index (χ0v) is 7.49. The van der Waals surface area contributed by atoms with E-state index in [0.29, 0.717) is 0 Å². The number of hydrogen-bond acceptors (Lipinski definition) is 2. The Labute approximate surface area is 77.4 Å². The summed E-state index contributed by atoms with van der Waals surface area (Å²) < 4.78 is 0. The first-order chi connectivity index (χ1) is 6.42. The lowest BCUT2D eigenvalue weighted by Crippen LogP contribution is -2.27. The Hall–Kier alpha value is -1.38. The molecule has 0 bridgehead atoms. The van der Waals surface area contributed by atoms with Crippen LogP contribution in [0.5, 0.6) is 0 Å². The van der Waals surface area contributed by atoms with Crippen molar-refractivity contribution < 1.29 is 9.78 Å². The molecule has 0 amide bonds. The number of carbonyl (C=O) groups is 1. The summed E-state index contributed by atoms with van der Waals surface area (Å²) >= 11 is 0. The molecular formula is C10H13N2O+. The third-order valence-electron chi connectivity index (χ3n) is 2.41. The van der Waals surface area contributed by atoms with E-state index in [2.05, 4.69) is 9.88 Å². The summed E-state index contributed by atoms with van der Waals surface area (Å²) in [5.74, 6) is 0.968. The van der Waals surface area contributed by atoms with Crippen LogP contribution in [0.25, 0.3) is 0 Å². The summed E-state index contributed by atoms with van der Waals surface area (Å²) in [5.41, 5.74) is 0.754. The number of H-pyrrole nitrogens is 1. The Morgan fingerprint density at radius 1 is 1.38 bits per heavy atom. The van der Waals surface area contributed by atoms with Crippen molar-refractivity contribution in [2.75, 3.05) is 18.0 Å². The molecule has 0 spiro atoms. The van der Waals surface area contributed by atoms with Gasteiger partial charge in [0.25, 0.3) is 5.82 Å². The van der Waals surface area contributed by atoms with E-state index in [1.54, 1.807) is 0 Å². The molecule has 1 aromatic rings. The number of aromatic amines is 1. The van der Waals surface area contributed by atoms with Crippen LogP contribution < -0.4 is 9.88 Å². The van der Waals surface area contributed by atoms with Gasteiger partial charge in [-0.1, -0.05) is 0 Å². The Morgan fingerprint density at radius 2 is 2.15 bits per heavy atom. The molecule has 1 fully saturated rings. The van der Waals surface area contributed by atoms with Gasteiger partial charge < -0.3 is 0 Å². The zero-order chi connectivity index (χ0) is 9.10. The molecule has 1 N–H and O–H groups in total. The molecule has 1 aromatic heterocycles. The molecule has 0 saturated carbocycles. The maximum Gasteiger partial charge on any atom is 0.285 e. The molecular weight excluding hydrogens is 164 g/mol. The van der Waals surface area contributed by atoms with Gasteiger partial charge in [-0.2, -0.15) is 0 Å². The van der Waals surface area contributed by atoms with Gasteiger partial charge in [0.15, 0.2) is 6.29 Å². The number of pyridine rings is 1. The van der Waals surface area contributed by atoms with Crippen molar-refractivity contribution in [2.24, 2.45) is 0 Å². The second-order valence-electron chi connectivity index (χ2n) is 3.29. The summed E-state index contributed by atoms with van der Waals surface area (Å²) in [5, 5.41) is 0. The Balaban J connectivity index is 2.31. The Kier molecular flexibility index (Phi) is 2.25. The van der Waals surface area contributed by atoms with E-state index in [4.69, 9.17) is 0 Å². The number of hydrogen-bond donors (Lipinski definition) is 0. The molecule has 3 nitrogen and oxygen atoms in total. The van der Waals surface area contributed by atoms with Crippen LogP contribution in [0, 0.1) is 0 Å². The van der Waals surface area contributed by atoms with Crippen LogP contribution in [0.15, 0.2) is 18.3 Å². The highest BCUT2D eigenvalue weighted by Gasteiger charge is 2.22. The zero-order valence-electron chi connectivity index (χ0n) is 7.49. The van der Waals surface area contributed by atoms with Crippen molar-refractivity contribution in [2.45, 2.75) is 12.8 Å². The largest absolute Gasteiger partial charge is 0.298 e. The van der Waals surface area contributed by atoms with Gasteiger partial charge in [0.2, 0.25) is 0 Å². The average molecular weight is 177 g/mol. The van der Waals surface area contributed by atoms with E-state index in [0.717, 1.165) is 30.8 Å². The number of nitrogens with one attached hydrogen (secondary N) is 1. The Bertz CT molecular complexity index is 306. The van der Waals surface area contributed by atoms with Crippen molar-refractivity contribution in [1.29, 1.82) is 0 Å². The van der Waals surface area contributed by atoms with Crippen LogP contribution in [-0.2, 0) is 0 Å². The van der Waals surface area contributed by atoms with Gasteiger partial charge in [0.05, 0.1) is 19.3 Å². The lowest BCUT2D eigenvalue weighted by molar-refractivity contribution is -0.364. The van der Waals surface area contributed by atoms with Gasteiger partial charge in [0, 0.05) is 0 Å². The van der Waals surface area contributed by atoms with Crippen molar-refractivity contribution in [1.82, 2.24) is 0 Å². The minimum Gasteiger partial charge on any atom is -0.298 e. The molecule has 2 rings (SSSR count). The van der Waals surface area contributed by atoms with E-state index in [-0.39, 0.29) is 0 Å². The highest BCUT2D eigenvalue weighted by molar-refractivity contribution is 5.81. The number of carbonyl (C=O) groups excluding carboxylic acids is 1. The maximum absolute atomic E-state index is 10.7. The highest BCUT2D eigenvalue weighted by Crippen LogP contribution is 2.17. The second kappa shape index (κ2) is 3.56. The second-order valence-corrected chi connectivity index (χ2v) is 3.29. The fourth-order valence-electron chi connectivity index (χ4n) is 1.75. The van der Waals surface area contributed by atoms with Gasteiger partial charge >= 0.3 is 0 Å². The quantitative estimate of drug-likeness (QED) is 0.629. The van der Waals surface area contributed by atoms with Gasteiger partial charge in [-0.3, -0.25) is 9.69 Å². The number of nitrogens with zero attached hydrogens (tertiary/aromatic N) is 1. The molecule has 1 aliphatic heterocycles. The Morgan fingerprint density at radius 3 is 2.85 bits per heavy atom. The van der Waals surface area contributed by atoms with Crippen LogP contribution in [0.3, 0.4) is 0 Å². The van der Waals surface area contributed by atoms with Crippen LogP contribution in [0.2, 0.25) is 0 Å². The van der Waals surface area contributed by atoms with Gasteiger partial charge in [-0.25, -0.2) is 4.98 Å². The van der Waals surface area contributed by atoms with Gasteiger partial charge in [0.1, 0.15) is 5.56 Å². The van der Waals surface area contributed by atoms with Gasteiger partial charge in [-0.15, -0.1) is 0 Å². The van der Waals surface area contributed by atoms with Crippen molar-refractivity contribution in [3.05, 3.63) is 23.9 Å². The number of rotatable bonds is 2. The third-order valence-corrected chi connectivity index (χ3v) is 2.41. The molecule has 0 atom stereocenters. The molecule has 3 heteroatoms. The summed E-state index contributed by atoms with van der Waals surface area (Å²) in [6, 6.07) is 3.69. The van der Waals surface area contributed by atoms with E-state index in [1.807, 2.05) is 18.3 Å². The van der Waals surface area contributed by atoms with Crippen molar-refractivity contribution >= 4 is 12.1 Å². The minimum atomic E-state index is 0.754. The monoisotopic (exact) mass is 177 g/mol. The van der Waals surface area contributed by atoms with E-state index >= 15 is 0 Å². The van der Waals surface area contributed by atoms with Crippen LogP contribution in [0.4, 0.5) is 5.82 Å². The first-order valence-electron chi connectivity index (χ1n) is 4.62. The minimum absolute atomic E-state index is 0.754. The summed E-state index contributed by atoms with van der Waals surface area (Å²) in [4.78, 5) is 16.1. The standard InChI is InChI=1S/C10H12N2O/c13-8-9-4-3-5-11-10(9)12-6-1-2-7-12/h3-5,8H,1-2,6-7H2/p+1. The molecule has 0 radical (unpaired) electrons. The first kappa shape index (κ1) is 8.23. The average Bonchev–Trinajstić information content (AvgIpc) is 2.70. The third kappa shape index (κ3) is 1.54. The topological polar surface area (TPSA) is 34.5 Å². The normalized spacial score (nSPS) is 16.2. The van der Waals surface area contributed by atoms with E-state index in [9.17, 15) is 4.79 Å². The highest BCUT2D eigenvalue weighted by atomic mass is 16.1. The maximum atomic E-state index is 10.7. The molecule has 1 aliphatic rings. The molecule has 2 heterocycles. The predicted molar refractivity (Wildman–Crippen MR) is 49.8 cm³/mol. The molecule has 0 aromatic carbocycles. The number of aldehydes is 1. The molecule has 0 unspecified atom stereocenters. The smallest absolute Gasteiger partial charge is 0.285 e. The lowest BCUT2D eigenvalue weighted by atomic mass is 10.2. The lowest BCUT2D eigenvalue weighted by Gasteiger charge is -2.09. The predicted octanol–water partition coefficient (Wildman–Crippen LogP) is 0.913. The molecule has 0 aliphatic carbocycles. The fraction of sp³-hybridized carbons (Fsp3) is 0.400. The van der Waals surface area contributed by atoms with Crippen LogP contribution in [-0.4, -0.2) is 19.4 Å². The number of anilines is 1. The molecule has 13 heavy (non-hydrogen) atoms. The molecule has 68 valence electrons. The summed E-state index contributed by atoms with van der Waals surface area (Å²) in [6.07, 6.45) is 5.22. The van der Waals surface area contributed by atoms with E-state index < -0.39 is 0 Å².